The summed E-state index contributed by atoms with van der Waals surface area (Å²) < 4.78 is 20.2. The third-order valence-corrected chi connectivity index (χ3v) is 3.69. The maximum Gasteiger partial charge on any atom is 0.469 e. The maximum absolute atomic E-state index is 11.3. The van der Waals surface area contributed by atoms with Crippen LogP contribution in [0.15, 0.2) is 0 Å². The van der Waals surface area contributed by atoms with Gasteiger partial charge in [0, 0.05) is 0 Å². The fraction of sp³-hybridized carbons (Fsp3) is 0.500. The number of phosphoric acid groups is 1. The monoisotopic (exact) mass is 366 g/mol. The summed E-state index contributed by atoms with van der Waals surface area (Å²) >= 11 is 0. The van der Waals surface area contributed by atoms with E-state index in [9.17, 15) is 24.4 Å². The standard InChI is InChI=1S/C10H15N4O9P/c11-8(18)4-9(12-2-15)14-10(13-4)7-6(17)5(16)3(23-7)1-22-24(19,20)21/h2-3,5-7,16-17H,1H2,(H2,11,18)(H,12,15)(H,13,14)(H2,19,20,21)/t3-,5-,6-,7?/m1/s1. The molecular formula is C10H15N4O9P. The highest BCUT2D eigenvalue weighted by Gasteiger charge is 2.46. The molecule has 13 nitrogen and oxygen atoms in total. The van der Waals surface area contributed by atoms with Crippen LogP contribution in [0.3, 0.4) is 0 Å². The van der Waals surface area contributed by atoms with Gasteiger partial charge in [-0.15, -0.1) is 0 Å². The molecule has 0 aromatic carbocycles. The number of carbonyl (C=O) groups excluding carboxylic acids is 2. The first-order valence-corrected chi connectivity index (χ1v) is 7.98. The smallest absolute Gasteiger partial charge is 0.387 e. The topological polar surface area (TPSA) is 217 Å². The van der Waals surface area contributed by atoms with Gasteiger partial charge in [0.15, 0.2) is 5.82 Å². The molecule has 4 atom stereocenters. The predicted molar refractivity (Wildman–Crippen MR) is 74.4 cm³/mol. The fourth-order valence-electron chi connectivity index (χ4n) is 2.15. The van der Waals surface area contributed by atoms with Crippen LogP contribution in [0.25, 0.3) is 0 Å². The van der Waals surface area contributed by atoms with Gasteiger partial charge in [-0.3, -0.25) is 14.1 Å². The molecule has 1 aliphatic heterocycles. The second-order valence-electron chi connectivity index (χ2n) is 4.83. The number of aliphatic hydroxyl groups excluding tert-OH is 2. The van der Waals surface area contributed by atoms with Gasteiger partial charge in [-0.25, -0.2) is 9.55 Å². The number of nitrogens with zero attached hydrogens (tertiary/aromatic N) is 1. The molecule has 0 aliphatic carbocycles. The van der Waals surface area contributed by atoms with E-state index in [2.05, 4.69) is 19.8 Å². The Labute approximate surface area is 134 Å². The van der Waals surface area contributed by atoms with E-state index in [0.29, 0.717) is 0 Å². The summed E-state index contributed by atoms with van der Waals surface area (Å²) in [6.07, 6.45) is -5.35. The summed E-state index contributed by atoms with van der Waals surface area (Å²) in [5.74, 6) is -1.27. The Morgan fingerprint density at radius 1 is 1.46 bits per heavy atom. The fourth-order valence-corrected chi connectivity index (χ4v) is 2.49. The van der Waals surface area contributed by atoms with E-state index in [1.165, 1.54) is 0 Å². The molecule has 1 aliphatic rings. The van der Waals surface area contributed by atoms with Gasteiger partial charge in [0.2, 0.25) is 6.41 Å². The van der Waals surface area contributed by atoms with Gasteiger partial charge in [-0.2, -0.15) is 0 Å². The van der Waals surface area contributed by atoms with Crippen LogP contribution in [0, 0.1) is 0 Å². The van der Waals surface area contributed by atoms with Crippen molar-refractivity contribution in [3.63, 3.8) is 0 Å². The van der Waals surface area contributed by atoms with E-state index >= 15 is 0 Å². The molecule has 0 radical (unpaired) electrons. The van der Waals surface area contributed by atoms with E-state index in [4.69, 9.17) is 20.3 Å². The lowest BCUT2D eigenvalue weighted by atomic mass is 10.1. The van der Waals surface area contributed by atoms with E-state index in [0.717, 1.165) is 0 Å². The molecule has 1 saturated heterocycles. The molecule has 2 amide bonds. The molecule has 1 aromatic heterocycles. The average Bonchev–Trinajstić information content (AvgIpc) is 3.00. The van der Waals surface area contributed by atoms with Crippen molar-refractivity contribution < 1.29 is 43.4 Å². The number of rotatable bonds is 7. The zero-order valence-corrected chi connectivity index (χ0v) is 12.8. The van der Waals surface area contributed by atoms with Gasteiger partial charge in [0.1, 0.15) is 35.9 Å². The molecule has 134 valence electrons. The second-order valence-corrected chi connectivity index (χ2v) is 6.07. The van der Waals surface area contributed by atoms with Crippen LogP contribution >= 0.6 is 7.82 Å². The zero-order valence-electron chi connectivity index (χ0n) is 11.9. The number of phosphoric ester groups is 1. The molecule has 2 heterocycles. The van der Waals surface area contributed by atoms with Gasteiger partial charge in [-0.05, 0) is 0 Å². The number of hydrogen-bond donors (Lipinski definition) is 7. The van der Waals surface area contributed by atoms with E-state index in [1.54, 1.807) is 0 Å². The largest absolute Gasteiger partial charge is 0.469 e. The first-order valence-electron chi connectivity index (χ1n) is 6.45. The molecular weight excluding hydrogens is 351 g/mol. The lowest BCUT2D eigenvalue weighted by Gasteiger charge is -2.14. The normalized spacial score (nSPS) is 27.2. The summed E-state index contributed by atoms with van der Waals surface area (Å²) in [5, 5.41) is 22.0. The summed E-state index contributed by atoms with van der Waals surface area (Å²) in [7, 11) is -4.79. The third kappa shape index (κ3) is 3.96. The Morgan fingerprint density at radius 2 is 2.12 bits per heavy atom. The number of hydrogen-bond acceptors (Lipinski definition) is 8. The van der Waals surface area contributed by atoms with E-state index < -0.39 is 44.8 Å². The molecule has 0 bridgehead atoms. The van der Waals surface area contributed by atoms with Gasteiger partial charge >= 0.3 is 7.82 Å². The van der Waals surface area contributed by atoms with Crippen molar-refractivity contribution in [1.29, 1.82) is 0 Å². The SMILES string of the molecule is NC(=O)c1[nH]c(C2O[C@H](COP(=O)(O)O)[C@@H](O)[C@H]2O)nc1NC=O. The maximum atomic E-state index is 11.3. The first kappa shape index (κ1) is 18.5. The van der Waals surface area contributed by atoms with E-state index in [1.807, 2.05) is 0 Å². The molecule has 8 N–H and O–H groups in total. The van der Waals surface area contributed by atoms with Crippen LogP contribution in [0.1, 0.15) is 22.4 Å². The minimum absolute atomic E-state index is 0.127. The van der Waals surface area contributed by atoms with Crippen molar-refractivity contribution in [2.75, 3.05) is 11.9 Å². The molecule has 14 heteroatoms. The predicted octanol–water partition coefficient (Wildman–Crippen LogP) is -2.65. The number of primary amides is 1. The van der Waals surface area contributed by atoms with Crippen LogP contribution < -0.4 is 11.1 Å². The number of imidazole rings is 1. The minimum Gasteiger partial charge on any atom is -0.387 e. The lowest BCUT2D eigenvalue weighted by Crippen LogP contribution is -2.33. The molecule has 0 spiro atoms. The quantitative estimate of drug-likeness (QED) is 0.196. The van der Waals surface area contributed by atoms with Crippen molar-refractivity contribution in [3.8, 4) is 0 Å². The Kier molecular flexibility index (Phi) is 5.35. The number of ether oxygens (including phenoxy) is 1. The summed E-state index contributed by atoms with van der Waals surface area (Å²) in [6, 6.07) is 0. The Balaban J connectivity index is 2.20. The highest BCUT2D eigenvalue weighted by molar-refractivity contribution is 7.46. The second kappa shape index (κ2) is 6.94. The number of anilines is 1. The van der Waals surface area contributed by atoms with E-state index in [-0.39, 0.29) is 23.7 Å². The summed E-state index contributed by atoms with van der Waals surface area (Å²) in [5.41, 5.74) is 4.86. The average molecular weight is 366 g/mol. The number of H-pyrrole nitrogens is 1. The van der Waals surface area contributed by atoms with Crippen molar-refractivity contribution in [1.82, 2.24) is 9.97 Å². The van der Waals surface area contributed by atoms with Gasteiger partial charge in [0.05, 0.1) is 6.61 Å². The van der Waals surface area contributed by atoms with Gasteiger partial charge < -0.3 is 40.8 Å². The molecule has 2 rings (SSSR count). The van der Waals surface area contributed by atoms with Crippen LogP contribution in [0.5, 0.6) is 0 Å². The number of aromatic amines is 1. The number of nitrogens with two attached hydrogens (primary N) is 1. The van der Waals surface area contributed by atoms with Crippen molar-refractivity contribution in [3.05, 3.63) is 11.5 Å². The van der Waals surface area contributed by atoms with Crippen molar-refractivity contribution >= 4 is 26.0 Å². The zero-order chi connectivity index (χ0) is 18.1. The number of amides is 2. The Morgan fingerprint density at radius 3 is 2.67 bits per heavy atom. The van der Waals surface area contributed by atoms with Gasteiger partial charge in [-0.1, -0.05) is 0 Å². The molecule has 24 heavy (non-hydrogen) atoms. The van der Waals surface area contributed by atoms with Crippen LogP contribution in [-0.4, -0.2) is 67.2 Å². The number of aromatic nitrogens is 2. The summed E-state index contributed by atoms with van der Waals surface area (Å²) in [6.45, 7) is -0.693. The number of carbonyl (C=O) groups is 2. The van der Waals surface area contributed by atoms with Crippen LogP contribution in [0.4, 0.5) is 5.82 Å². The molecule has 1 unspecified atom stereocenters. The van der Waals surface area contributed by atoms with Crippen LogP contribution in [-0.2, 0) is 18.6 Å². The summed E-state index contributed by atoms with van der Waals surface area (Å²) in [4.78, 5) is 45.4. The molecule has 1 fully saturated rings. The van der Waals surface area contributed by atoms with Crippen molar-refractivity contribution in [2.45, 2.75) is 24.4 Å². The van der Waals surface area contributed by atoms with Crippen LogP contribution in [0.2, 0.25) is 0 Å². The Hall–Kier alpha value is -1.86. The Bertz CT molecular complexity index is 673. The highest BCUT2D eigenvalue weighted by atomic mass is 31.2. The molecule has 1 aromatic rings. The first-order chi connectivity index (χ1) is 11.1. The third-order valence-electron chi connectivity index (χ3n) is 3.20. The van der Waals surface area contributed by atoms with Gasteiger partial charge in [0.25, 0.3) is 5.91 Å². The molecule has 0 saturated carbocycles. The highest BCUT2D eigenvalue weighted by Crippen LogP contribution is 2.39. The lowest BCUT2D eigenvalue weighted by molar-refractivity contribution is -0.105. The minimum atomic E-state index is -4.79. The van der Waals surface area contributed by atoms with Crippen molar-refractivity contribution in [2.24, 2.45) is 5.73 Å². The number of nitrogens with one attached hydrogen (secondary N) is 2. The number of aliphatic hydroxyl groups is 2.